The lowest BCUT2D eigenvalue weighted by Gasteiger charge is -2.35. The lowest BCUT2D eigenvalue weighted by molar-refractivity contribution is -0.133. The summed E-state index contributed by atoms with van der Waals surface area (Å²) in [5.74, 6) is -0.135. The maximum Gasteiger partial charge on any atom is 0.243 e. The Hall–Kier alpha value is -1.44. The van der Waals surface area contributed by atoms with Crippen LogP contribution in [0.15, 0.2) is 17.0 Å². The maximum absolute atomic E-state index is 13.2. The van der Waals surface area contributed by atoms with Gasteiger partial charge in [-0.05, 0) is 42.9 Å². The Morgan fingerprint density at radius 2 is 1.54 bits per heavy atom. The molecule has 1 heterocycles. The van der Waals surface area contributed by atoms with Gasteiger partial charge >= 0.3 is 0 Å². The van der Waals surface area contributed by atoms with Crippen LogP contribution in [0.1, 0.15) is 44.4 Å². The first-order valence-electron chi connectivity index (χ1n) is 9.02. The molecule has 1 fully saturated rings. The second-order valence-electron chi connectivity index (χ2n) is 8.21. The highest BCUT2D eigenvalue weighted by Crippen LogP contribution is 2.31. The summed E-state index contributed by atoms with van der Waals surface area (Å²) in [7, 11) is -3.59. The number of benzene rings is 1. The van der Waals surface area contributed by atoms with E-state index in [1.54, 1.807) is 11.8 Å². The summed E-state index contributed by atoms with van der Waals surface area (Å²) in [4.78, 5) is 14.0. The predicted molar refractivity (Wildman–Crippen MR) is 104 cm³/mol. The van der Waals surface area contributed by atoms with Gasteiger partial charge in [0.1, 0.15) is 0 Å². The minimum Gasteiger partial charge on any atom is -0.339 e. The van der Waals surface area contributed by atoms with Gasteiger partial charge in [0.2, 0.25) is 15.9 Å². The minimum atomic E-state index is -3.59. The quantitative estimate of drug-likeness (QED) is 0.865. The van der Waals surface area contributed by atoms with Crippen LogP contribution >= 0.6 is 0 Å². The number of amides is 1. The van der Waals surface area contributed by atoms with Crippen molar-refractivity contribution in [3.05, 3.63) is 28.8 Å². The Balaban J connectivity index is 2.28. The number of hydrogen-bond donors (Lipinski definition) is 1. The topological polar surface area (TPSA) is 83.7 Å². The molecule has 1 unspecified atom stereocenters. The van der Waals surface area contributed by atoms with Gasteiger partial charge < -0.3 is 10.6 Å². The third kappa shape index (κ3) is 4.10. The highest BCUT2D eigenvalue weighted by molar-refractivity contribution is 7.89. The lowest BCUT2D eigenvalue weighted by atomic mass is 9.85. The van der Waals surface area contributed by atoms with Crippen molar-refractivity contribution in [1.82, 2.24) is 9.21 Å². The van der Waals surface area contributed by atoms with E-state index in [-0.39, 0.29) is 11.3 Å². The van der Waals surface area contributed by atoms with Gasteiger partial charge in [-0.25, -0.2) is 8.42 Å². The molecule has 1 saturated heterocycles. The molecule has 2 N–H and O–H groups in total. The normalized spacial score (nSPS) is 18.0. The molecule has 0 saturated carbocycles. The van der Waals surface area contributed by atoms with Gasteiger partial charge in [-0.3, -0.25) is 4.79 Å². The maximum atomic E-state index is 13.2. The Morgan fingerprint density at radius 1 is 1.08 bits per heavy atom. The zero-order chi connectivity index (χ0) is 19.9. The molecule has 0 bridgehead atoms. The molecular weight excluding hydrogens is 350 g/mol. The molecular formula is C19H31N3O3S. The van der Waals surface area contributed by atoms with Gasteiger partial charge in [0.15, 0.2) is 0 Å². The summed E-state index contributed by atoms with van der Waals surface area (Å²) in [5.41, 5.74) is 8.26. The Labute approximate surface area is 157 Å². The van der Waals surface area contributed by atoms with Gasteiger partial charge in [-0.15, -0.1) is 0 Å². The van der Waals surface area contributed by atoms with Crippen molar-refractivity contribution in [1.29, 1.82) is 0 Å². The van der Waals surface area contributed by atoms with Crippen LogP contribution in [0.2, 0.25) is 0 Å². The zero-order valence-corrected chi connectivity index (χ0v) is 17.5. The fourth-order valence-electron chi connectivity index (χ4n) is 3.36. The van der Waals surface area contributed by atoms with E-state index in [1.807, 2.05) is 26.0 Å². The van der Waals surface area contributed by atoms with E-state index in [0.29, 0.717) is 31.1 Å². The minimum absolute atomic E-state index is 0.0390. The van der Waals surface area contributed by atoms with E-state index in [2.05, 4.69) is 20.8 Å². The first kappa shape index (κ1) is 20.9. The number of nitrogens with zero attached hydrogens (tertiary/aromatic N) is 2. The zero-order valence-electron chi connectivity index (χ0n) is 16.7. The molecule has 1 aromatic carbocycles. The highest BCUT2D eigenvalue weighted by Gasteiger charge is 2.33. The molecule has 1 aliphatic rings. The number of carbonyl (C=O) groups is 1. The van der Waals surface area contributed by atoms with Crippen molar-refractivity contribution in [2.75, 3.05) is 26.2 Å². The van der Waals surface area contributed by atoms with Crippen molar-refractivity contribution >= 4 is 15.9 Å². The van der Waals surface area contributed by atoms with E-state index in [0.717, 1.165) is 16.7 Å². The SMILES string of the molecule is Cc1cc(C(C)(C)C)cc(C)c1S(=O)(=O)N1CCN(C(=O)C(C)N)CC1. The second-order valence-corrected chi connectivity index (χ2v) is 10.1. The standard InChI is InChI=1S/C19H31N3O3S/c1-13-11-16(19(4,5)6)12-14(2)17(13)26(24,25)22-9-7-21(8-10-22)18(23)15(3)20/h11-12,15H,7-10,20H2,1-6H3. The predicted octanol–water partition coefficient (Wildman–Crippen LogP) is 1.78. The molecule has 2 rings (SSSR count). The highest BCUT2D eigenvalue weighted by atomic mass is 32.2. The van der Waals surface area contributed by atoms with Crippen molar-refractivity contribution in [3.63, 3.8) is 0 Å². The van der Waals surface area contributed by atoms with Crippen LogP contribution in [0.4, 0.5) is 0 Å². The summed E-state index contributed by atoms with van der Waals surface area (Å²) in [6, 6.07) is 3.37. The third-order valence-corrected chi connectivity index (χ3v) is 7.07. The lowest BCUT2D eigenvalue weighted by Crippen LogP contribution is -2.53. The van der Waals surface area contributed by atoms with Crippen molar-refractivity contribution in [2.45, 2.75) is 57.9 Å². The molecule has 146 valence electrons. The largest absolute Gasteiger partial charge is 0.339 e. The van der Waals surface area contributed by atoms with Crippen molar-refractivity contribution in [3.8, 4) is 0 Å². The molecule has 0 aromatic heterocycles. The first-order valence-corrected chi connectivity index (χ1v) is 10.5. The van der Waals surface area contributed by atoms with Crippen LogP contribution in [-0.4, -0.2) is 55.8 Å². The van der Waals surface area contributed by atoms with Crippen molar-refractivity contribution in [2.24, 2.45) is 5.73 Å². The number of rotatable bonds is 3. The molecule has 7 heteroatoms. The molecule has 6 nitrogen and oxygen atoms in total. The van der Waals surface area contributed by atoms with Crippen LogP contribution in [0.25, 0.3) is 0 Å². The third-order valence-electron chi connectivity index (χ3n) is 4.86. The Kier molecular flexibility index (Phi) is 5.85. The molecule has 1 amide bonds. The Morgan fingerprint density at radius 3 is 1.92 bits per heavy atom. The fourth-order valence-corrected chi connectivity index (χ4v) is 5.19. The molecule has 1 aliphatic heterocycles. The van der Waals surface area contributed by atoms with E-state index in [4.69, 9.17) is 5.73 Å². The van der Waals surface area contributed by atoms with Crippen LogP contribution in [-0.2, 0) is 20.2 Å². The Bertz CT molecular complexity index is 764. The molecule has 1 atom stereocenters. The second kappa shape index (κ2) is 7.29. The monoisotopic (exact) mass is 381 g/mol. The first-order chi connectivity index (χ1) is 11.9. The summed E-state index contributed by atoms with van der Waals surface area (Å²) in [6.45, 7) is 13.0. The molecule has 0 radical (unpaired) electrons. The smallest absolute Gasteiger partial charge is 0.243 e. The van der Waals surface area contributed by atoms with Crippen LogP contribution in [0.5, 0.6) is 0 Å². The van der Waals surface area contributed by atoms with Gasteiger partial charge in [0.05, 0.1) is 10.9 Å². The fraction of sp³-hybridized carbons (Fsp3) is 0.632. The molecule has 0 spiro atoms. The molecule has 1 aromatic rings. The van der Waals surface area contributed by atoms with Gasteiger partial charge in [0, 0.05) is 26.2 Å². The van der Waals surface area contributed by atoms with Gasteiger partial charge in [0.25, 0.3) is 0 Å². The van der Waals surface area contributed by atoms with Gasteiger partial charge in [-0.1, -0.05) is 32.9 Å². The van der Waals surface area contributed by atoms with Crippen LogP contribution < -0.4 is 5.73 Å². The molecule has 26 heavy (non-hydrogen) atoms. The number of aryl methyl sites for hydroxylation is 2. The summed E-state index contributed by atoms with van der Waals surface area (Å²) < 4.78 is 27.9. The van der Waals surface area contributed by atoms with Crippen molar-refractivity contribution < 1.29 is 13.2 Å². The molecule has 0 aliphatic carbocycles. The number of carbonyl (C=O) groups excluding carboxylic acids is 1. The summed E-state index contributed by atoms with van der Waals surface area (Å²) >= 11 is 0. The average molecular weight is 382 g/mol. The van der Waals surface area contributed by atoms with E-state index < -0.39 is 16.1 Å². The number of sulfonamides is 1. The number of piperazine rings is 1. The average Bonchev–Trinajstić information content (AvgIpc) is 2.52. The van der Waals surface area contributed by atoms with Crippen LogP contribution in [0.3, 0.4) is 0 Å². The number of nitrogens with two attached hydrogens (primary N) is 1. The van der Waals surface area contributed by atoms with Crippen LogP contribution in [0, 0.1) is 13.8 Å². The number of hydrogen-bond acceptors (Lipinski definition) is 4. The van der Waals surface area contributed by atoms with E-state index in [9.17, 15) is 13.2 Å². The summed E-state index contributed by atoms with van der Waals surface area (Å²) in [5, 5.41) is 0. The van der Waals surface area contributed by atoms with Gasteiger partial charge in [-0.2, -0.15) is 4.31 Å². The summed E-state index contributed by atoms with van der Waals surface area (Å²) in [6.07, 6.45) is 0. The van der Waals surface area contributed by atoms with E-state index in [1.165, 1.54) is 4.31 Å². The van der Waals surface area contributed by atoms with E-state index >= 15 is 0 Å².